The highest BCUT2D eigenvalue weighted by molar-refractivity contribution is 6.31. The molecule has 2 rings (SSSR count). The summed E-state index contributed by atoms with van der Waals surface area (Å²) in [4.78, 5) is 24.6. The molecular weight excluding hydrogens is 321 g/mol. The molecule has 7 heteroatoms. The van der Waals surface area contributed by atoms with E-state index >= 15 is 0 Å². The first-order valence-electron chi connectivity index (χ1n) is 6.52. The molecule has 0 spiro atoms. The van der Waals surface area contributed by atoms with E-state index in [1.807, 2.05) is 0 Å². The molecular formula is C15H14ClF3O3. The molecule has 0 unspecified atom stereocenters. The number of hydrogen-bond donors (Lipinski definition) is 0. The number of Topliss-reactive ketones (excluding diaryl/α,β-unsaturated/α-hetero) is 1. The van der Waals surface area contributed by atoms with Crippen LogP contribution in [0, 0.1) is 5.41 Å². The Morgan fingerprint density at radius 2 is 1.86 bits per heavy atom. The second-order valence-corrected chi connectivity index (χ2v) is 6.65. The third kappa shape index (κ3) is 2.60. The summed E-state index contributed by atoms with van der Waals surface area (Å²) in [7, 11) is 0. The van der Waals surface area contributed by atoms with Crippen molar-refractivity contribution >= 4 is 23.4 Å². The van der Waals surface area contributed by atoms with Crippen LogP contribution in [-0.2, 0) is 16.0 Å². The van der Waals surface area contributed by atoms with E-state index in [9.17, 15) is 22.8 Å². The zero-order chi connectivity index (χ0) is 16.9. The molecule has 0 aliphatic heterocycles. The maximum Gasteiger partial charge on any atom is 0.412 e. The van der Waals surface area contributed by atoms with Crippen molar-refractivity contribution in [2.24, 2.45) is 5.41 Å². The number of carbonyl (C=O) groups excluding carboxylic acids is 2. The first kappa shape index (κ1) is 16.8. The average Bonchev–Trinajstić information content (AvgIpc) is 2.61. The summed E-state index contributed by atoms with van der Waals surface area (Å²) in [5, 5.41) is 0.134. The molecule has 1 aromatic rings. The van der Waals surface area contributed by atoms with Gasteiger partial charge in [-0.15, -0.1) is 0 Å². The van der Waals surface area contributed by atoms with Crippen LogP contribution >= 0.6 is 11.6 Å². The lowest BCUT2D eigenvalue weighted by atomic mass is 9.82. The molecule has 22 heavy (non-hydrogen) atoms. The van der Waals surface area contributed by atoms with Crippen LogP contribution in [0.2, 0.25) is 5.02 Å². The van der Waals surface area contributed by atoms with Gasteiger partial charge in [-0.25, -0.2) is 0 Å². The second kappa shape index (κ2) is 4.98. The fraction of sp³-hybridized carbons (Fsp3) is 0.467. The Morgan fingerprint density at radius 1 is 1.27 bits per heavy atom. The van der Waals surface area contributed by atoms with E-state index in [2.05, 4.69) is 0 Å². The molecule has 120 valence electrons. The number of halogens is 4. The zero-order valence-electron chi connectivity index (χ0n) is 12.2. The van der Waals surface area contributed by atoms with Crippen molar-refractivity contribution in [3.63, 3.8) is 0 Å². The van der Waals surface area contributed by atoms with Crippen LogP contribution in [0.25, 0.3) is 0 Å². The highest BCUT2D eigenvalue weighted by Gasteiger charge is 2.69. The Hall–Kier alpha value is -1.56. The third-order valence-corrected chi connectivity index (χ3v) is 3.63. The number of ketones is 1. The monoisotopic (exact) mass is 334 g/mol. The molecule has 1 atom stereocenters. The summed E-state index contributed by atoms with van der Waals surface area (Å²) in [5.41, 5.74) is -4.39. The van der Waals surface area contributed by atoms with Gasteiger partial charge in [-0.05, 0) is 38.5 Å². The van der Waals surface area contributed by atoms with Crippen molar-refractivity contribution in [2.45, 2.75) is 39.0 Å². The summed E-state index contributed by atoms with van der Waals surface area (Å²) in [6.45, 7) is 4.33. The molecule has 0 bridgehead atoms. The number of benzene rings is 1. The number of alkyl halides is 3. The van der Waals surface area contributed by atoms with Crippen LogP contribution < -0.4 is 0 Å². The van der Waals surface area contributed by atoms with Gasteiger partial charge in [0.15, 0.2) is 5.78 Å². The molecule has 1 aliphatic carbocycles. The Bertz CT molecular complexity index is 646. The van der Waals surface area contributed by atoms with Crippen LogP contribution in [-0.4, -0.2) is 23.5 Å². The smallest absolute Gasteiger partial charge is 0.412 e. The van der Waals surface area contributed by atoms with Crippen LogP contribution in [0.15, 0.2) is 18.2 Å². The van der Waals surface area contributed by atoms with Gasteiger partial charge < -0.3 is 4.74 Å². The van der Waals surface area contributed by atoms with Crippen LogP contribution in [0.1, 0.15) is 36.7 Å². The Kier molecular flexibility index (Phi) is 3.80. The van der Waals surface area contributed by atoms with Crippen molar-refractivity contribution < 1.29 is 27.5 Å². The molecule has 0 saturated carbocycles. The molecule has 0 aromatic heterocycles. The maximum atomic E-state index is 13.6. The van der Waals surface area contributed by atoms with E-state index in [4.69, 9.17) is 16.3 Å². The van der Waals surface area contributed by atoms with Crippen molar-refractivity contribution in [1.82, 2.24) is 0 Å². The topological polar surface area (TPSA) is 43.4 Å². The lowest BCUT2D eigenvalue weighted by Crippen LogP contribution is -2.52. The van der Waals surface area contributed by atoms with E-state index < -0.39 is 35.4 Å². The number of esters is 1. The van der Waals surface area contributed by atoms with Gasteiger partial charge >= 0.3 is 12.1 Å². The summed E-state index contributed by atoms with van der Waals surface area (Å²) in [5.74, 6) is -2.89. The van der Waals surface area contributed by atoms with Crippen molar-refractivity contribution in [2.75, 3.05) is 0 Å². The van der Waals surface area contributed by atoms with Gasteiger partial charge in [-0.2, -0.15) is 13.2 Å². The molecule has 1 aromatic carbocycles. The number of rotatable bonds is 1. The van der Waals surface area contributed by atoms with E-state index in [-0.39, 0.29) is 16.1 Å². The fourth-order valence-electron chi connectivity index (χ4n) is 2.38. The predicted molar refractivity (Wildman–Crippen MR) is 73.8 cm³/mol. The van der Waals surface area contributed by atoms with E-state index in [1.54, 1.807) is 0 Å². The predicted octanol–water partition coefficient (Wildman–Crippen LogP) is 3.97. The minimum atomic E-state index is -5.06. The molecule has 0 saturated heterocycles. The van der Waals surface area contributed by atoms with Gasteiger partial charge in [-0.3, -0.25) is 9.59 Å². The number of carbonyl (C=O) groups is 2. The Labute approximate surface area is 130 Å². The van der Waals surface area contributed by atoms with E-state index in [1.165, 1.54) is 32.9 Å². The summed E-state index contributed by atoms with van der Waals surface area (Å²) in [6, 6.07) is 3.86. The van der Waals surface area contributed by atoms with Gasteiger partial charge in [0.05, 0.1) is 0 Å². The first-order valence-corrected chi connectivity index (χ1v) is 6.90. The molecule has 0 fully saturated rings. The minimum absolute atomic E-state index is 0.134. The molecule has 0 N–H and O–H groups in total. The highest BCUT2D eigenvalue weighted by Crippen LogP contribution is 2.50. The summed E-state index contributed by atoms with van der Waals surface area (Å²) < 4.78 is 45.7. The van der Waals surface area contributed by atoms with Gasteiger partial charge in [-0.1, -0.05) is 17.7 Å². The lowest BCUT2D eigenvalue weighted by molar-refractivity contribution is -0.223. The van der Waals surface area contributed by atoms with Crippen LogP contribution in [0.5, 0.6) is 0 Å². The number of fused-ring (bicyclic) bond motifs is 1. The Balaban J connectivity index is 2.56. The fourth-order valence-corrected chi connectivity index (χ4v) is 2.56. The lowest BCUT2D eigenvalue weighted by Gasteiger charge is -2.31. The van der Waals surface area contributed by atoms with Gasteiger partial charge in [0.2, 0.25) is 5.41 Å². The summed E-state index contributed by atoms with van der Waals surface area (Å²) >= 11 is 5.73. The SMILES string of the molecule is CC(C)(C)OC(=O)[C@@]1(C(F)(F)F)Cc2ccc(Cl)cc2C1=O. The van der Waals surface area contributed by atoms with Crippen LogP contribution in [0.3, 0.4) is 0 Å². The number of ether oxygens (including phenoxy) is 1. The third-order valence-electron chi connectivity index (χ3n) is 3.39. The van der Waals surface area contributed by atoms with Crippen LogP contribution in [0.4, 0.5) is 13.2 Å². The molecule has 1 aliphatic rings. The second-order valence-electron chi connectivity index (χ2n) is 6.21. The molecule has 0 radical (unpaired) electrons. The van der Waals surface area contributed by atoms with Gasteiger partial charge in [0.1, 0.15) is 5.60 Å². The zero-order valence-corrected chi connectivity index (χ0v) is 12.9. The summed E-state index contributed by atoms with van der Waals surface area (Å²) in [6.07, 6.45) is -5.82. The van der Waals surface area contributed by atoms with E-state index in [0.29, 0.717) is 0 Å². The standard InChI is InChI=1S/C15H14ClF3O3/c1-13(2,3)22-12(21)14(15(17,18)19)7-8-4-5-9(16)6-10(8)11(14)20/h4-6H,7H2,1-3H3/t14-/m1/s1. The highest BCUT2D eigenvalue weighted by atomic mass is 35.5. The molecule has 0 amide bonds. The Morgan fingerprint density at radius 3 is 2.36 bits per heavy atom. The quantitative estimate of drug-likeness (QED) is 0.576. The van der Waals surface area contributed by atoms with Crippen molar-refractivity contribution in [1.29, 1.82) is 0 Å². The largest absolute Gasteiger partial charge is 0.459 e. The minimum Gasteiger partial charge on any atom is -0.459 e. The average molecular weight is 335 g/mol. The van der Waals surface area contributed by atoms with Crippen molar-refractivity contribution in [3.05, 3.63) is 34.3 Å². The number of hydrogen-bond acceptors (Lipinski definition) is 3. The van der Waals surface area contributed by atoms with E-state index in [0.717, 1.165) is 6.07 Å². The normalized spacial score (nSPS) is 21.7. The van der Waals surface area contributed by atoms with Crippen molar-refractivity contribution in [3.8, 4) is 0 Å². The molecule has 0 heterocycles. The molecule has 3 nitrogen and oxygen atoms in total. The maximum absolute atomic E-state index is 13.6. The van der Waals surface area contributed by atoms with Gasteiger partial charge in [0, 0.05) is 17.0 Å². The first-order chi connectivity index (χ1) is 9.88. The van der Waals surface area contributed by atoms with Gasteiger partial charge in [0.25, 0.3) is 0 Å².